The first kappa shape index (κ1) is 11.4. The summed E-state index contributed by atoms with van der Waals surface area (Å²) in [7, 11) is 1.67. The SMILES string of the molecule is COCCOCCSC(C)=S. The molecule has 0 aromatic rings. The summed E-state index contributed by atoms with van der Waals surface area (Å²) in [6, 6.07) is 0. The molecule has 0 aliphatic heterocycles. The van der Waals surface area contributed by atoms with Crippen molar-refractivity contribution >= 4 is 28.2 Å². The summed E-state index contributed by atoms with van der Waals surface area (Å²) in [6.07, 6.45) is 0. The van der Waals surface area contributed by atoms with Gasteiger partial charge in [0.15, 0.2) is 0 Å². The maximum atomic E-state index is 5.22. The van der Waals surface area contributed by atoms with E-state index in [9.17, 15) is 0 Å². The number of hydrogen-bond donors (Lipinski definition) is 0. The Balaban J connectivity index is 2.85. The van der Waals surface area contributed by atoms with Crippen LogP contribution in [0.1, 0.15) is 6.92 Å². The van der Waals surface area contributed by atoms with E-state index < -0.39 is 0 Å². The van der Waals surface area contributed by atoms with Crippen molar-refractivity contribution in [3.63, 3.8) is 0 Å². The lowest BCUT2D eigenvalue weighted by molar-refractivity contribution is 0.0790. The monoisotopic (exact) mass is 194 g/mol. The van der Waals surface area contributed by atoms with Crippen LogP contribution in [0, 0.1) is 0 Å². The van der Waals surface area contributed by atoms with E-state index in [1.807, 2.05) is 6.92 Å². The van der Waals surface area contributed by atoms with Crippen LogP contribution in [0.15, 0.2) is 0 Å². The van der Waals surface area contributed by atoms with Crippen LogP contribution in [0.3, 0.4) is 0 Å². The highest BCUT2D eigenvalue weighted by atomic mass is 32.2. The standard InChI is InChI=1S/C7H14O2S2/c1-7(10)11-6-5-9-4-3-8-2/h3-6H2,1-2H3. The van der Waals surface area contributed by atoms with Crippen molar-refractivity contribution < 1.29 is 9.47 Å². The van der Waals surface area contributed by atoms with Crippen molar-refractivity contribution in [1.82, 2.24) is 0 Å². The van der Waals surface area contributed by atoms with Gasteiger partial charge in [-0.1, -0.05) is 12.2 Å². The van der Waals surface area contributed by atoms with E-state index in [0.717, 1.165) is 16.6 Å². The summed E-state index contributed by atoms with van der Waals surface area (Å²) in [6.45, 7) is 4.02. The van der Waals surface area contributed by atoms with E-state index in [2.05, 4.69) is 0 Å². The van der Waals surface area contributed by atoms with Gasteiger partial charge < -0.3 is 9.47 Å². The molecule has 0 unspecified atom stereocenters. The van der Waals surface area contributed by atoms with E-state index in [1.54, 1.807) is 18.9 Å². The van der Waals surface area contributed by atoms with Crippen LogP contribution in [0.2, 0.25) is 0 Å². The molecule has 0 spiro atoms. The average molecular weight is 194 g/mol. The topological polar surface area (TPSA) is 18.5 Å². The van der Waals surface area contributed by atoms with Crippen LogP contribution >= 0.6 is 24.0 Å². The zero-order valence-electron chi connectivity index (χ0n) is 6.96. The van der Waals surface area contributed by atoms with Gasteiger partial charge in [-0.05, 0) is 6.92 Å². The molecule has 0 atom stereocenters. The maximum absolute atomic E-state index is 5.22. The second-order valence-corrected chi connectivity index (χ2v) is 4.13. The highest BCUT2D eigenvalue weighted by molar-refractivity contribution is 8.23. The molecule has 66 valence electrons. The van der Waals surface area contributed by atoms with Crippen molar-refractivity contribution in [2.24, 2.45) is 0 Å². The number of thioether (sulfide) groups is 1. The molecular formula is C7H14O2S2. The largest absolute Gasteiger partial charge is 0.382 e. The van der Waals surface area contributed by atoms with Crippen molar-refractivity contribution in [3.05, 3.63) is 0 Å². The Labute approximate surface area is 77.6 Å². The van der Waals surface area contributed by atoms with Gasteiger partial charge in [0, 0.05) is 17.1 Å². The van der Waals surface area contributed by atoms with Crippen molar-refractivity contribution in [2.75, 3.05) is 32.7 Å². The molecule has 0 heterocycles. The first-order valence-electron chi connectivity index (χ1n) is 3.47. The zero-order valence-corrected chi connectivity index (χ0v) is 8.59. The minimum absolute atomic E-state index is 0.668. The fraction of sp³-hybridized carbons (Fsp3) is 0.857. The Bertz CT molecular complexity index is 107. The Hall–Kier alpha value is 0.360. The Morgan fingerprint density at radius 2 is 2.09 bits per heavy atom. The molecule has 0 fully saturated rings. The Morgan fingerprint density at radius 1 is 1.36 bits per heavy atom. The van der Waals surface area contributed by atoms with Gasteiger partial charge in [0.2, 0.25) is 0 Å². The molecule has 0 radical (unpaired) electrons. The maximum Gasteiger partial charge on any atom is 0.0700 e. The lowest BCUT2D eigenvalue weighted by atomic mass is 10.7. The van der Waals surface area contributed by atoms with Crippen LogP contribution in [0.5, 0.6) is 0 Å². The third kappa shape index (κ3) is 10.4. The van der Waals surface area contributed by atoms with Gasteiger partial charge in [-0.25, -0.2) is 0 Å². The van der Waals surface area contributed by atoms with E-state index in [1.165, 1.54) is 0 Å². The molecule has 0 amide bonds. The summed E-state index contributed by atoms with van der Waals surface area (Å²) < 4.78 is 11.0. The van der Waals surface area contributed by atoms with Crippen LogP contribution in [0.4, 0.5) is 0 Å². The normalized spacial score (nSPS) is 10.0. The summed E-state index contributed by atoms with van der Waals surface area (Å²) in [5.41, 5.74) is 0. The minimum atomic E-state index is 0.668. The summed E-state index contributed by atoms with van der Waals surface area (Å²) >= 11 is 6.53. The molecule has 0 aliphatic carbocycles. The molecule has 0 aromatic carbocycles. The number of thiocarbonyl (C=S) groups is 1. The predicted molar refractivity (Wildman–Crippen MR) is 53.4 cm³/mol. The zero-order chi connectivity index (χ0) is 8.53. The third-order valence-electron chi connectivity index (χ3n) is 0.965. The number of rotatable bonds is 6. The molecule has 0 saturated carbocycles. The van der Waals surface area contributed by atoms with Gasteiger partial charge in [0.05, 0.1) is 19.8 Å². The molecule has 0 saturated heterocycles. The minimum Gasteiger partial charge on any atom is -0.382 e. The smallest absolute Gasteiger partial charge is 0.0700 e. The molecule has 2 nitrogen and oxygen atoms in total. The van der Waals surface area contributed by atoms with Gasteiger partial charge in [-0.2, -0.15) is 0 Å². The highest BCUT2D eigenvalue weighted by Gasteiger charge is 1.90. The van der Waals surface area contributed by atoms with Crippen molar-refractivity contribution in [2.45, 2.75) is 6.92 Å². The summed E-state index contributed by atoms with van der Waals surface area (Å²) in [5, 5.41) is 0. The van der Waals surface area contributed by atoms with E-state index >= 15 is 0 Å². The lowest BCUT2D eigenvalue weighted by Gasteiger charge is -2.01. The fourth-order valence-electron chi connectivity index (χ4n) is 0.489. The number of methoxy groups -OCH3 is 1. The quantitative estimate of drug-likeness (QED) is 0.473. The summed E-state index contributed by atoms with van der Waals surface area (Å²) in [4.78, 5) is 0. The van der Waals surface area contributed by atoms with Gasteiger partial charge in [-0.3, -0.25) is 0 Å². The van der Waals surface area contributed by atoms with Crippen LogP contribution < -0.4 is 0 Å². The predicted octanol–water partition coefficient (Wildman–Crippen LogP) is 1.73. The van der Waals surface area contributed by atoms with Crippen LogP contribution in [0.25, 0.3) is 0 Å². The first-order chi connectivity index (χ1) is 5.27. The van der Waals surface area contributed by atoms with Gasteiger partial charge >= 0.3 is 0 Å². The van der Waals surface area contributed by atoms with Gasteiger partial charge in [0.1, 0.15) is 0 Å². The Kier molecular flexibility index (Phi) is 8.73. The van der Waals surface area contributed by atoms with Crippen LogP contribution in [-0.4, -0.2) is 36.9 Å². The third-order valence-corrected chi connectivity index (χ3v) is 2.10. The van der Waals surface area contributed by atoms with E-state index in [4.69, 9.17) is 21.7 Å². The van der Waals surface area contributed by atoms with E-state index in [0.29, 0.717) is 13.2 Å². The first-order valence-corrected chi connectivity index (χ1v) is 4.87. The second kappa shape index (κ2) is 8.46. The molecule has 0 aromatic heterocycles. The molecule has 0 bridgehead atoms. The average Bonchev–Trinajstić information content (AvgIpc) is 1.96. The molecule has 4 heteroatoms. The fourth-order valence-corrected chi connectivity index (χ4v) is 1.23. The highest BCUT2D eigenvalue weighted by Crippen LogP contribution is 2.02. The van der Waals surface area contributed by atoms with Gasteiger partial charge in [0.25, 0.3) is 0 Å². The Morgan fingerprint density at radius 3 is 2.64 bits per heavy atom. The molecule has 0 N–H and O–H groups in total. The lowest BCUT2D eigenvalue weighted by Crippen LogP contribution is -2.04. The van der Waals surface area contributed by atoms with Crippen molar-refractivity contribution in [1.29, 1.82) is 0 Å². The number of hydrogen-bond acceptors (Lipinski definition) is 4. The van der Waals surface area contributed by atoms with Gasteiger partial charge in [-0.15, -0.1) is 11.8 Å². The molecular weight excluding hydrogens is 180 g/mol. The molecule has 0 rings (SSSR count). The van der Waals surface area contributed by atoms with Crippen LogP contribution in [-0.2, 0) is 9.47 Å². The van der Waals surface area contributed by atoms with Crippen molar-refractivity contribution in [3.8, 4) is 0 Å². The second-order valence-electron chi connectivity index (χ2n) is 1.95. The summed E-state index contributed by atoms with van der Waals surface area (Å²) in [5.74, 6) is 0.943. The molecule has 0 aliphatic rings. The van der Waals surface area contributed by atoms with E-state index in [-0.39, 0.29) is 0 Å². The number of ether oxygens (including phenoxy) is 2. The molecule has 11 heavy (non-hydrogen) atoms.